The third-order valence-corrected chi connectivity index (χ3v) is 5.41. The van der Waals surface area contributed by atoms with E-state index in [0.717, 1.165) is 0 Å². The second kappa shape index (κ2) is 8.20. The summed E-state index contributed by atoms with van der Waals surface area (Å²) in [4.78, 5) is 23.6. The van der Waals surface area contributed by atoms with Crippen LogP contribution >= 0.6 is 0 Å². The lowest BCUT2D eigenvalue weighted by molar-refractivity contribution is 0.101. The number of rotatable bonds is 7. The number of carbonyl (C=O) groups is 2. The van der Waals surface area contributed by atoms with Crippen LogP contribution in [0.15, 0.2) is 76.2 Å². The smallest absolute Gasteiger partial charge is 0.255 e. The Balaban J connectivity index is 1.65. The Labute approximate surface area is 162 Å². The zero-order valence-electron chi connectivity index (χ0n) is 15.0. The van der Waals surface area contributed by atoms with E-state index in [2.05, 4.69) is 10.0 Å². The molecule has 1 amide bonds. The third-order valence-electron chi connectivity index (χ3n) is 3.99. The molecule has 0 spiro atoms. The minimum Gasteiger partial charge on any atom is -0.468 e. The molecule has 0 radical (unpaired) electrons. The molecule has 0 saturated heterocycles. The van der Waals surface area contributed by atoms with Crippen LogP contribution < -0.4 is 10.0 Å². The van der Waals surface area contributed by atoms with Crippen molar-refractivity contribution in [2.45, 2.75) is 18.4 Å². The van der Waals surface area contributed by atoms with Gasteiger partial charge in [-0.2, -0.15) is 0 Å². The predicted molar refractivity (Wildman–Crippen MR) is 104 cm³/mol. The van der Waals surface area contributed by atoms with Crippen molar-refractivity contribution < 1.29 is 22.4 Å². The van der Waals surface area contributed by atoms with Crippen LogP contribution in [0.3, 0.4) is 0 Å². The van der Waals surface area contributed by atoms with Gasteiger partial charge in [-0.1, -0.05) is 0 Å². The molecule has 8 heteroatoms. The SMILES string of the molecule is CC(=O)c1ccc(NC(=O)c2ccc(S(=O)(=O)NCc3ccco3)cc2)cc1. The first-order valence-electron chi connectivity index (χ1n) is 8.39. The molecular weight excluding hydrogens is 380 g/mol. The van der Waals surface area contributed by atoms with Gasteiger partial charge < -0.3 is 9.73 Å². The van der Waals surface area contributed by atoms with Crippen LogP contribution in [0.1, 0.15) is 33.4 Å². The summed E-state index contributed by atoms with van der Waals surface area (Å²) in [7, 11) is -3.72. The van der Waals surface area contributed by atoms with Crippen LogP contribution in [0.25, 0.3) is 0 Å². The molecule has 3 rings (SSSR count). The summed E-state index contributed by atoms with van der Waals surface area (Å²) < 4.78 is 32.1. The number of anilines is 1. The molecule has 0 unspecified atom stereocenters. The van der Waals surface area contributed by atoms with Crippen LogP contribution in [0, 0.1) is 0 Å². The van der Waals surface area contributed by atoms with Crippen LogP contribution in [-0.2, 0) is 16.6 Å². The third kappa shape index (κ3) is 4.73. The van der Waals surface area contributed by atoms with Gasteiger partial charge in [0.1, 0.15) is 5.76 Å². The van der Waals surface area contributed by atoms with Gasteiger partial charge in [-0.15, -0.1) is 0 Å². The molecule has 7 nitrogen and oxygen atoms in total. The van der Waals surface area contributed by atoms with Gasteiger partial charge in [0.15, 0.2) is 5.78 Å². The van der Waals surface area contributed by atoms with Crippen molar-refractivity contribution in [1.29, 1.82) is 0 Å². The molecule has 28 heavy (non-hydrogen) atoms. The largest absolute Gasteiger partial charge is 0.468 e. The number of hydrogen-bond acceptors (Lipinski definition) is 5. The predicted octanol–water partition coefficient (Wildman–Crippen LogP) is 3.21. The second-order valence-electron chi connectivity index (χ2n) is 6.02. The van der Waals surface area contributed by atoms with Crippen LogP contribution in [0.2, 0.25) is 0 Å². The molecule has 0 fully saturated rings. The van der Waals surface area contributed by atoms with Crippen LogP contribution in [0.5, 0.6) is 0 Å². The van der Waals surface area contributed by atoms with Gasteiger partial charge in [0.05, 0.1) is 17.7 Å². The van der Waals surface area contributed by atoms with E-state index in [0.29, 0.717) is 22.6 Å². The van der Waals surface area contributed by atoms with E-state index >= 15 is 0 Å². The summed E-state index contributed by atoms with van der Waals surface area (Å²) >= 11 is 0. The summed E-state index contributed by atoms with van der Waals surface area (Å²) in [6, 6.07) is 15.4. The first kappa shape index (κ1) is 19.5. The highest BCUT2D eigenvalue weighted by Crippen LogP contribution is 2.15. The monoisotopic (exact) mass is 398 g/mol. The minimum atomic E-state index is -3.72. The number of carbonyl (C=O) groups excluding carboxylic acids is 2. The number of Topliss-reactive ketones (excluding diaryl/α,β-unsaturated/α-hetero) is 1. The van der Waals surface area contributed by atoms with Gasteiger partial charge in [0.2, 0.25) is 10.0 Å². The standard InChI is InChI=1S/C20H18N2O5S/c1-14(23)15-4-8-17(9-5-15)22-20(24)16-6-10-19(11-7-16)28(25,26)21-13-18-3-2-12-27-18/h2-12,21H,13H2,1H3,(H,22,24). The average molecular weight is 398 g/mol. The number of benzene rings is 2. The van der Waals surface area contributed by atoms with Gasteiger partial charge >= 0.3 is 0 Å². The Bertz CT molecular complexity index is 1070. The number of sulfonamides is 1. The Hall–Kier alpha value is -3.23. The number of hydrogen-bond donors (Lipinski definition) is 2. The Morgan fingerprint density at radius 1 is 0.929 bits per heavy atom. The summed E-state index contributed by atoms with van der Waals surface area (Å²) in [5.41, 5.74) is 1.39. The number of nitrogens with one attached hydrogen (secondary N) is 2. The lowest BCUT2D eigenvalue weighted by Gasteiger charge is -2.08. The molecule has 0 aliphatic heterocycles. The molecule has 0 saturated carbocycles. The number of amides is 1. The first-order valence-corrected chi connectivity index (χ1v) is 9.88. The molecule has 2 aromatic carbocycles. The quantitative estimate of drug-likeness (QED) is 0.595. The lowest BCUT2D eigenvalue weighted by Crippen LogP contribution is -2.23. The summed E-state index contributed by atoms with van der Waals surface area (Å²) in [6.45, 7) is 1.50. The normalized spacial score (nSPS) is 11.2. The maximum absolute atomic E-state index is 12.3. The molecule has 0 atom stereocenters. The van der Waals surface area contributed by atoms with E-state index in [1.54, 1.807) is 36.4 Å². The average Bonchev–Trinajstić information content (AvgIpc) is 3.21. The first-order chi connectivity index (χ1) is 13.3. The van der Waals surface area contributed by atoms with E-state index < -0.39 is 10.0 Å². The molecule has 0 aliphatic rings. The second-order valence-corrected chi connectivity index (χ2v) is 7.78. The topological polar surface area (TPSA) is 105 Å². The zero-order chi connectivity index (χ0) is 20.1. The van der Waals surface area contributed by atoms with Crippen LogP contribution in [0.4, 0.5) is 5.69 Å². The van der Waals surface area contributed by atoms with Gasteiger partial charge in [-0.05, 0) is 67.6 Å². The van der Waals surface area contributed by atoms with Gasteiger partial charge in [-0.25, -0.2) is 13.1 Å². The number of furan rings is 1. The van der Waals surface area contributed by atoms with Crippen molar-refractivity contribution in [2.24, 2.45) is 0 Å². The van der Waals surface area contributed by atoms with Gasteiger partial charge in [0.25, 0.3) is 5.91 Å². The van der Waals surface area contributed by atoms with Crippen molar-refractivity contribution in [2.75, 3.05) is 5.32 Å². The molecule has 3 aromatic rings. The molecule has 0 bridgehead atoms. The van der Waals surface area contributed by atoms with Crippen molar-refractivity contribution in [3.8, 4) is 0 Å². The van der Waals surface area contributed by atoms with Crippen molar-refractivity contribution in [3.05, 3.63) is 83.8 Å². The highest BCUT2D eigenvalue weighted by atomic mass is 32.2. The molecule has 2 N–H and O–H groups in total. The maximum Gasteiger partial charge on any atom is 0.255 e. The van der Waals surface area contributed by atoms with Crippen molar-refractivity contribution in [3.63, 3.8) is 0 Å². The summed E-state index contributed by atoms with van der Waals surface area (Å²) in [5, 5.41) is 2.70. The molecule has 1 aromatic heterocycles. The minimum absolute atomic E-state index is 0.0355. The van der Waals surface area contributed by atoms with E-state index in [4.69, 9.17) is 4.42 Å². The van der Waals surface area contributed by atoms with Crippen molar-refractivity contribution >= 4 is 27.4 Å². The maximum atomic E-state index is 12.3. The summed E-state index contributed by atoms with van der Waals surface area (Å²) in [5.74, 6) is 0.0498. The fourth-order valence-electron chi connectivity index (χ4n) is 2.44. The molecule has 144 valence electrons. The highest BCUT2D eigenvalue weighted by Gasteiger charge is 2.15. The van der Waals surface area contributed by atoms with Gasteiger partial charge in [-0.3, -0.25) is 9.59 Å². The van der Waals surface area contributed by atoms with Crippen molar-refractivity contribution in [1.82, 2.24) is 4.72 Å². The Morgan fingerprint density at radius 3 is 2.14 bits per heavy atom. The zero-order valence-corrected chi connectivity index (χ0v) is 15.8. The van der Waals surface area contributed by atoms with Gasteiger partial charge in [0, 0.05) is 16.8 Å². The molecule has 0 aliphatic carbocycles. The van der Waals surface area contributed by atoms with E-state index in [1.165, 1.54) is 37.5 Å². The fraction of sp³-hybridized carbons (Fsp3) is 0.100. The Kier molecular flexibility index (Phi) is 5.72. The lowest BCUT2D eigenvalue weighted by atomic mass is 10.1. The summed E-state index contributed by atoms with van der Waals surface area (Å²) in [6.07, 6.45) is 1.46. The van der Waals surface area contributed by atoms with E-state index in [9.17, 15) is 18.0 Å². The van der Waals surface area contributed by atoms with E-state index in [1.807, 2.05) is 0 Å². The fourth-order valence-corrected chi connectivity index (χ4v) is 3.43. The highest BCUT2D eigenvalue weighted by molar-refractivity contribution is 7.89. The van der Waals surface area contributed by atoms with Crippen LogP contribution in [-0.4, -0.2) is 20.1 Å². The van der Waals surface area contributed by atoms with E-state index in [-0.39, 0.29) is 23.1 Å². The Morgan fingerprint density at radius 2 is 1.57 bits per heavy atom. The number of ketones is 1. The molecule has 1 heterocycles. The molecular formula is C20H18N2O5S.